The van der Waals surface area contributed by atoms with Gasteiger partial charge >= 0.3 is 12.0 Å². The Balaban J connectivity index is 4.79. The number of urea groups is 1. The van der Waals surface area contributed by atoms with Crippen LogP contribution in [0.25, 0.3) is 0 Å². The van der Waals surface area contributed by atoms with Crippen molar-refractivity contribution in [2.75, 3.05) is 40.3 Å². The van der Waals surface area contributed by atoms with Gasteiger partial charge in [0.05, 0.1) is 0 Å². The standard InChI is InChI=1S/C12H23N3O4/c1-5-7-15(8-10(16)13(3)4)12(19)14(6-2)9-11(17)18/h5-9H2,1-4H3,(H,17,18). The van der Waals surface area contributed by atoms with Gasteiger partial charge in [0.15, 0.2) is 0 Å². The fourth-order valence-electron chi connectivity index (χ4n) is 1.49. The Hall–Kier alpha value is -1.79. The largest absolute Gasteiger partial charge is 0.480 e. The highest BCUT2D eigenvalue weighted by Crippen LogP contribution is 2.02. The van der Waals surface area contributed by atoms with Crippen molar-refractivity contribution < 1.29 is 19.5 Å². The number of carboxylic acid groups (broad SMARTS) is 1. The lowest BCUT2D eigenvalue weighted by Gasteiger charge is -2.29. The zero-order chi connectivity index (χ0) is 15.0. The van der Waals surface area contributed by atoms with Crippen molar-refractivity contribution in [3.05, 3.63) is 0 Å². The molecule has 0 aromatic rings. The molecule has 0 aliphatic carbocycles. The number of carbonyl (C=O) groups excluding carboxylic acids is 2. The molecule has 0 atom stereocenters. The van der Waals surface area contributed by atoms with Gasteiger partial charge in [0.25, 0.3) is 0 Å². The highest BCUT2D eigenvalue weighted by Gasteiger charge is 2.23. The predicted molar refractivity (Wildman–Crippen MR) is 70.8 cm³/mol. The molecule has 0 bridgehead atoms. The topological polar surface area (TPSA) is 81.2 Å². The molecule has 0 aromatic carbocycles. The van der Waals surface area contributed by atoms with Gasteiger partial charge < -0.3 is 19.8 Å². The second kappa shape index (κ2) is 8.34. The third-order valence-corrected chi connectivity index (χ3v) is 2.57. The Kier molecular flexibility index (Phi) is 7.55. The van der Waals surface area contributed by atoms with Gasteiger partial charge in [-0.3, -0.25) is 9.59 Å². The van der Waals surface area contributed by atoms with Crippen molar-refractivity contribution in [3.8, 4) is 0 Å². The van der Waals surface area contributed by atoms with Crippen LogP contribution in [0.4, 0.5) is 4.79 Å². The summed E-state index contributed by atoms with van der Waals surface area (Å²) in [6.07, 6.45) is 0.705. The number of aliphatic carboxylic acids is 1. The Morgan fingerprint density at radius 3 is 1.95 bits per heavy atom. The second-order valence-corrected chi connectivity index (χ2v) is 4.40. The van der Waals surface area contributed by atoms with Gasteiger partial charge in [-0.2, -0.15) is 0 Å². The highest BCUT2D eigenvalue weighted by atomic mass is 16.4. The summed E-state index contributed by atoms with van der Waals surface area (Å²) in [5.74, 6) is -1.25. The maximum atomic E-state index is 12.2. The minimum absolute atomic E-state index is 0.0320. The number of hydrogen-bond acceptors (Lipinski definition) is 3. The van der Waals surface area contributed by atoms with Crippen molar-refractivity contribution in [2.45, 2.75) is 20.3 Å². The molecule has 110 valence electrons. The van der Waals surface area contributed by atoms with Crippen molar-refractivity contribution in [3.63, 3.8) is 0 Å². The molecule has 7 nitrogen and oxygen atoms in total. The van der Waals surface area contributed by atoms with Gasteiger partial charge in [-0.25, -0.2) is 4.79 Å². The molecule has 0 saturated heterocycles. The van der Waals surface area contributed by atoms with E-state index in [4.69, 9.17) is 5.11 Å². The number of carbonyl (C=O) groups is 3. The van der Waals surface area contributed by atoms with E-state index >= 15 is 0 Å². The lowest BCUT2D eigenvalue weighted by molar-refractivity contribution is -0.137. The van der Waals surface area contributed by atoms with Gasteiger partial charge in [0, 0.05) is 27.2 Å². The van der Waals surface area contributed by atoms with Gasteiger partial charge in [0.1, 0.15) is 13.1 Å². The van der Waals surface area contributed by atoms with E-state index in [1.54, 1.807) is 21.0 Å². The van der Waals surface area contributed by atoms with Crippen LogP contribution < -0.4 is 0 Å². The summed E-state index contributed by atoms with van der Waals surface area (Å²) in [6.45, 7) is 3.93. The van der Waals surface area contributed by atoms with Crippen LogP contribution >= 0.6 is 0 Å². The first kappa shape index (κ1) is 17.2. The number of nitrogens with zero attached hydrogens (tertiary/aromatic N) is 3. The minimum atomic E-state index is -1.06. The van der Waals surface area contributed by atoms with Gasteiger partial charge in [-0.05, 0) is 13.3 Å². The summed E-state index contributed by atoms with van der Waals surface area (Å²) in [5.41, 5.74) is 0. The van der Waals surface area contributed by atoms with E-state index in [0.29, 0.717) is 19.5 Å². The maximum absolute atomic E-state index is 12.2. The molecule has 0 rings (SSSR count). The van der Waals surface area contributed by atoms with E-state index in [2.05, 4.69) is 0 Å². The molecule has 0 fully saturated rings. The Bertz CT molecular complexity index is 331. The second-order valence-electron chi connectivity index (χ2n) is 4.40. The molecule has 0 aliphatic heterocycles. The Labute approximate surface area is 113 Å². The molecule has 0 aromatic heterocycles. The van der Waals surface area contributed by atoms with Crippen LogP contribution in [0.5, 0.6) is 0 Å². The minimum Gasteiger partial charge on any atom is -0.480 e. The summed E-state index contributed by atoms with van der Waals surface area (Å²) in [4.78, 5) is 38.5. The molecule has 7 heteroatoms. The van der Waals surface area contributed by atoms with Crippen LogP contribution in [0.1, 0.15) is 20.3 Å². The number of rotatable bonds is 7. The van der Waals surface area contributed by atoms with E-state index in [9.17, 15) is 14.4 Å². The summed E-state index contributed by atoms with van der Waals surface area (Å²) in [7, 11) is 3.23. The fraction of sp³-hybridized carbons (Fsp3) is 0.750. The summed E-state index contributed by atoms with van der Waals surface area (Å²) >= 11 is 0. The van der Waals surface area contributed by atoms with Crippen LogP contribution in [0.3, 0.4) is 0 Å². The van der Waals surface area contributed by atoms with Crippen LogP contribution in [0.15, 0.2) is 0 Å². The number of amides is 3. The smallest absolute Gasteiger partial charge is 0.323 e. The average molecular weight is 273 g/mol. The SMILES string of the molecule is CCCN(CC(=O)N(C)C)C(=O)N(CC)CC(=O)O. The number of carboxylic acids is 1. The van der Waals surface area contributed by atoms with E-state index < -0.39 is 12.0 Å². The van der Waals surface area contributed by atoms with Crippen LogP contribution in [-0.4, -0.2) is 78.0 Å². The van der Waals surface area contributed by atoms with E-state index in [-0.39, 0.29) is 19.0 Å². The first-order valence-electron chi connectivity index (χ1n) is 6.29. The molecule has 0 radical (unpaired) electrons. The normalized spacial score (nSPS) is 9.89. The number of hydrogen-bond donors (Lipinski definition) is 1. The first-order chi connectivity index (χ1) is 8.83. The zero-order valence-electron chi connectivity index (χ0n) is 12.0. The molecule has 0 heterocycles. The van der Waals surface area contributed by atoms with Crippen molar-refractivity contribution in [2.24, 2.45) is 0 Å². The summed E-state index contributed by atoms with van der Waals surface area (Å²) in [5, 5.41) is 8.76. The van der Waals surface area contributed by atoms with Gasteiger partial charge in [-0.15, -0.1) is 0 Å². The lowest BCUT2D eigenvalue weighted by Crippen LogP contribution is -2.48. The average Bonchev–Trinajstić information content (AvgIpc) is 2.34. The predicted octanol–water partition coefficient (Wildman–Crippen LogP) is 0.313. The molecule has 0 saturated carbocycles. The Morgan fingerprint density at radius 1 is 1.00 bits per heavy atom. The molecule has 1 N–H and O–H groups in total. The third kappa shape index (κ3) is 6.08. The van der Waals surface area contributed by atoms with Crippen molar-refractivity contribution in [1.29, 1.82) is 0 Å². The Morgan fingerprint density at radius 2 is 1.58 bits per heavy atom. The third-order valence-electron chi connectivity index (χ3n) is 2.57. The van der Waals surface area contributed by atoms with Gasteiger partial charge in [0.2, 0.25) is 5.91 Å². The van der Waals surface area contributed by atoms with Gasteiger partial charge in [-0.1, -0.05) is 6.92 Å². The summed E-state index contributed by atoms with van der Waals surface area (Å²) < 4.78 is 0. The summed E-state index contributed by atoms with van der Waals surface area (Å²) in [6, 6.07) is -0.415. The lowest BCUT2D eigenvalue weighted by atomic mass is 10.3. The van der Waals surface area contributed by atoms with E-state index in [1.165, 1.54) is 14.7 Å². The maximum Gasteiger partial charge on any atom is 0.323 e. The van der Waals surface area contributed by atoms with Crippen LogP contribution in [0.2, 0.25) is 0 Å². The molecule has 0 spiro atoms. The molecular formula is C12H23N3O4. The zero-order valence-corrected chi connectivity index (χ0v) is 12.0. The van der Waals surface area contributed by atoms with E-state index in [1.807, 2.05) is 6.92 Å². The fourth-order valence-corrected chi connectivity index (χ4v) is 1.49. The number of likely N-dealkylation sites (N-methyl/N-ethyl adjacent to an activating group) is 2. The quantitative estimate of drug-likeness (QED) is 0.724. The highest BCUT2D eigenvalue weighted by molar-refractivity contribution is 5.85. The molecule has 3 amide bonds. The van der Waals surface area contributed by atoms with Crippen molar-refractivity contribution >= 4 is 17.9 Å². The first-order valence-corrected chi connectivity index (χ1v) is 6.29. The molecular weight excluding hydrogens is 250 g/mol. The molecule has 0 aliphatic rings. The molecule has 0 unspecified atom stereocenters. The van der Waals surface area contributed by atoms with E-state index in [0.717, 1.165) is 0 Å². The van der Waals surface area contributed by atoms with Crippen LogP contribution in [-0.2, 0) is 9.59 Å². The van der Waals surface area contributed by atoms with Crippen molar-refractivity contribution in [1.82, 2.24) is 14.7 Å². The molecule has 19 heavy (non-hydrogen) atoms. The van der Waals surface area contributed by atoms with Crippen LogP contribution in [0, 0.1) is 0 Å². The monoisotopic (exact) mass is 273 g/mol.